The standard InChI is InChI=1S/C11H12S/c1-10(2)8-9-12-11-6-4-3-5-7-11/h3-9H,1H2,2H3. The highest BCUT2D eigenvalue weighted by atomic mass is 32.2. The molecule has 0 fully saturated rings. The maximum Gasteiger partial charge on any atom is 0.0116 e. The number of thioether (sulfide) groups is 1. The summed E-state index contributed by atoms with van der Waals surface area (Å²) in [4.78, 5) is 1.26. The third kappa shape index (κ3) is 3.44. The lowest BCUT2D eigenvalue weighted by Crippen LogP contribution is -1.64. The van der Waals surface area contributed by atoms with Gasteiger partial charge in [0.1, 0.15) is 0 Å². The van der Waals surface area contributed by atoms with Crippen LogP contribution in [0.1, 0.15) is 6.92 Å². The summed E-state index contributed by atoms with van der Waals surface area (Å²) in [7, 11) is 0. The van der Waals surface area contributed by atoms with E-state index >= 15 is 0 Å². The van der Waals surface area contributed by atoms with E-state index in [0.717, 1.165) is 5.57 Å². The second-order valence-corrected chi connectivity index (χ2v) is 3.56. The van der Waals surface area contributed by atoms with Gasteiger partial charge < -0.3 is 0 Å². The summed E-state index contributed by atoms with van der Waals surface area (Å²) in [6, 6.07) is 10.3. The second-order valence-electron chi connectivity index (χ2n) is 2.58. The highest BCUT2D eigenvalue weighted by Gasteiger charge is 1.85. The van der Waals surface area contributed by atoms with Crippen molar-refractivity contribution in [1.29, 1.82) is 0 Å². The lowest BCUT2D eigenvalue weighted by molar-refractivity contribution is 1.47. The van der Waals surface area contributed by atoms with Crippen molar-refractivity contribution in [2.45, 2.75) is 11.8 Å². The van der Waals surface area contributed by atoms with Gasteiger partial charge in [-0.3, -0.25) is 0 Å². The molecule has 0 saturated heterocycles. The predicted octanol–water partition coefficient (Wildman–Crippen LogP) is 3.87. The fourth-order valence-corrected chi connectivity index (χ4v) is 1.50. The summed E-state index contributed by atoms with van der Waals surface area (Å²) in [5.74, 6) is 0. The van der Waals surface area contributed by atoms with E-state index in [1.54, 1.807) is 11.8 Å². The molecule has 62 valence electrons. The predicted molar refractivity (Wildman–Crippen MR) is 56.3 cm³/mol. The summed E-state index contributed by atoms with van der Waals surface area (Å²) in [5, 5.41) is 2.05. The molecule has 0 aliphatic rings. The number of hydrogen-bond acceptors (Lipinski definition) is 1. The zero-order valence-corrected chi connectivity index (χ0v) is 7.97. The van der Waals surface area contributed by atoms with Gasteiger partial charge in [-0.15, -0.1) is 0 Å². The molecule has 12 heavy (non-hydrogen) atoms. The Hall–Kier alpha value is -0.950. The fraction of sp³-hybridized carbons (Fsp3) is 0.0909. The Kier molecular flexibility index (Phi) is 3.68. The van der Waals surface area contributed by atoms with Gasteiger partial charge in [-0.1, -0.05) is 48.2 Å². The van der Waals surface area contributed by atoms with E-state index in [0.29, 0.717) is 0 Å². The molecule has 1 aromatic carbocycles. The van der Waals surface area contributed by atoms with E-state index in [2.05, 4.69) is 24.1 Å². The minimum absolute atomic E-state index is 1.08. The Labute approximate surface area is 78.0 Å². The first-order valence-electron chi connectivity index (χ1n) is 3.83. The molecule has 1 heteroatoms. The minimum atomic E-state index is 1.08. The van der Waals surface area contributed by atoms with E-state index in [1.165, 1.54) is 4.90 Å². The Morgan fingerprint density at radius 1 is 1.33 bits per heavy atom. The molecule has 0 aliphatic carbocycles. The maximum atomic E-state index is 3.79. The molecular weight excluding hydrogens is 164 g/mol. The first-order valence-corrected chi connectivity index (χ1v) is 4.71. The largest absolute Gasteiger partial charge is 0.0981 e. The van der Waals surface area contributed by atoms with Crippen LogP contribution in [0.2, 0.25) is 0 Å². The highest BCUT2D eigenvalue weighted by molar-refractivity contribution is 8.02. The Morgan fingerprint density at radius 2 is 2.00 bits per heavy atom. The first kappa shape index (κ1) is 9.14. The van der Waals surface area contributed by atoms with Gasteiger partial charge in [-0.2, -0.15) is 0 Å². The summed E-state index contributed by atoms with van der Waals surface area (Å²) < 4.78 is 0. The van der Waals surface area contributed by atoms with Crippen LogP contribution in [0.3, 0.4) is 0 Å². The van der Waals surface area contributed by atoms with Crippen LogP contribution in [0.15, 0.2) is 58.9 Å². The molecule has 0 atom stereocenters. The van der Waals surface area contributed by atoms with E-state index < -0.39 is 0 Å². The maximum absolute atomic E-state index is 3.79. The van der Waals surface area contributed by atoms with Crippen molar-refractivity contribution in [2.24, 2.45) is 0 Å². The number of rotatable bonds is 3. The van der Waals surface area contributed by atoms with Crippen molar-refractivity contribution in [2.75, 3.05) is 0 Å². The van der Waals surface area contributed by atoms with Crippen molar-refractivity contribution in [3.63, 3.8) is 0 Å². The van der Waals surface area contributed by atoms with Crippen molar-refractivity contribution in [3.8, 4) is 0 Å². The van der Waals surface area contributed by atoms with Gasteiger partial charge in [0, 0.05) is 4.90 Å². The van der Waals surface area contributed by atoms with Gasteiger partial charge in [0.25, 0.3) is 0 Å². The minimum Gasteiger partial charge on any atom is -0.0981 e. The topological polar surface area (TPSA) is 0 Å². The molecule has 1 aromatic rings. The molecule has 0 bridgehead atoms. The highest BCUT2D eigenvalue weighted by Crippen LogP contribution is 2.18. The van der Waals surface area contributed by atoms with Gasteiger partial charge in [0.15, 0.2) is 0 Å². The molecule has 0 saturated carbocycles. The van der Waals surface area contributed by atoms with Gasteiger partial charge >= 0.3 is 0 Å². The lowest BCUT2D eigenvalue weighted by atomic mass is 10.4. The number of allylic oxidation sites excluding steroid dienone is 2. The Bertz CT molecular complexity index is 272. The third-order valence-corrected chi connectivity index (χ3v) is 2.12. The number of benzene rings is 1. The Morgan fingerprint density at radius 3 is 2.58 bits per heavy atom. The SMILES string of the molecule is C=C(C)C=CSc1ccccc1. The van der Waals surface area contributed by atoms with E-state index in [4.69, 9.17) is 0 Å². The van der Waals surface area contributed by atoms with Gasteiger partial charge in [0.2, 0.25) is 0 Å². The average Bonchev–Trinajstić information content (AvgIpc) is 2.05. The molecular formula is C11H12S. The quantitative estimate of drug-likeness (QED) is 0.497. The van der Waals surface area contributed by atoms with Gasteiger partial charge in [-0.25, -0.2) is 0 Å². The molecule has 0 nitrogen and oxygen atoms in total. The van der Waals surface area contributed by atoms with Crippen molar-refractivity contribution in [1.82, 2.24) is 0 Å². The van der Waals surface area contributed by atoms with Crippen LogP contribution < -0.4 is 0 Å². The zero-order chi connectivity index (χ0) is 8.81. The molecule has 0 aliphatic heterocycles. The van der Waals surface area contributed by atoms with Crippen molar-refractivity contribution >= 4 is 11.8 Å². The van der Waals surface area contributed by atoms with Crippen molar-refractivity contribution in [3.05, 3.63) is 54.0 Å². The molecule has 0 amide bonds. The normalized spacial score (nSPS) is 10.4. The Balaban J connectivity index is 2.49. The monoisotopic (exact) mass is 176 g/mol. The molecule has 0 aromatic heterocycles. The molecule has 0 N–H and O–H groups in total. The van der Waals surface area contributed by atoms with E-state index in [9.17, 15) is 0 Å². The average molecular weight is 176 g/mol. The van der Waals surface area contributed by atoms with Crippen molar-refractivity contribution < 1.29 is 0 Å². The summed E-state index contributed by atoms with van der Waals surface area (Å²) in [5.41, 5.74) is 1.08. The van der Waals surface area contributed by atoms with E-state index in [1.807, 2.05) is 31.2 Å². The second kappa shape index (κ2) is 4.83. The molecule has 0 unspecified atom stereocenters. The molecule has 0 radical (unpaired) electrons. The van der Waals surface area contributed by atoms with Crippen LogP contribution in [0.5, 0.6) is 0 Å². The molecule has 0 heterocycles. The zero-order valence-electron chi connectivity index (χ0n) is 7.16. The first-order chi connectivity index (χ1) is 5.79. The van der Waals surface area contributed by atoms with Crippen LogP contribution in [0.25, 0.3) is 0 Å². The van der Waals surface area contributed by atoms with Gasteiger partial charge in [0.05, 0.1) is 0 Å². The summed E-state index contributed by atoms with van der Waals surface area (Å²) >= 11 is 1.71. The van der Waals surface area contributed by atoms with Crippen LogP contribution >= 0.6 is 11.8 Å². The lowest BCUT2D eigenvalue weighted by Gasteiger charge is -1.93. The summed E-state index contributed by atoms with van der Waals surface area (Å²) in [6.07, 6.45) is 2.01. The smallest absolute Gasteiger partial charge is 0.0116 e. The van der Waals surface area contributed by atoms with Crippen LogP contribution in [-0.2, 0) is 0 Å². The third-order valence-electron chi connectivity index (χ3n) is 1.30. The van der Waals surface area contributed by atoms with Crippen LogP contribution in [0.4, 0.5) is 0 Å². The molecule has 1 rings (SSSR count). The molecule has 0 spiro atoms. The van der Waals surface area contributed by atoms with E-state index in [-0.39, 0.29) is 0 Å². The fourth-order valence-electron chi connectivity index (χ4n) is 0.728. The van der Waals surface area contributed by atoms with Crippen LogP contribution in [-0.4, -0.2) is 0 Å². The van der Waals surface area contributed by atoms with Crippen LogP contribution in [0, 0.1) is 0 Å². The number of hydrogen-bond donors (Lipinski definition) is 0. The summed E-state index contributed by atoms with van der Waals surface area (Å²) in [6.45, 7) is 5.77. The van der Waals surface area contributed by atoms with Gasteiger partial charge in [-0.05, 0) is 24.5 Å².